The normalized spacial score (nSPS) is 17.6. The van der Waals surface area contributed by atoms with Crippen LogP contribution in [0.15, 0.2) is 42.7 Å². The van der Waals surface area contributed by atoms with E-state index in [4.69, 9.17) is 5.41 Å². The van der Waals surface area contributed by atoms with E-state index in [0.717, 1.165) is 52.1 Å². The highest BCUT2D eigenvalue weighted by Gasteiger charge is 2.22. The molecule has 1 atom stereocenters. The Hall–Kier alpha value is -3.03. The van der Waals surface area contributed by atoms with Crippen molar-refractivity contribution in [3.8, 4) is 11.3 Å². The molecule has 3 aromatic rings. The number of nitrogens with one attached hydrogen (secondary N) is 2. The van der Waals surface area contributed by atoms with Gasteiger partial charge in [-0.1, -0.05) is 6.07 Å². The van der Waals surface area contributed by atoms with Crippen molar-refractivity contribution in [2.45, 2.75) is 12.5 Å². The van der Waals surface area contributed by atoms with Crippen molar-refractivity contribution in [2.24, 2.45) is 0 Å². The number of H-pyrrole nitrogens is 1. The van der Waals surface area contributed by atoms with E-state index in [2.05, 4.69) is 26.1 Å². The van der Waals surface area contributed by atoms with Gasteiger partial charge in [0, 0.05) is 36.5 Å². The smallest absolute Gasteiger partial charge is 0.129 e. The average molecular weight is 363 g/mol. The Labute approximate surface area is 157 Å². The Balaban J connectivity index is 1.76. The summed E-state index contributed by atoms with van der Waals surface area (Å²) in [5.74, 6) is 0.858. The fraction of sp³-hybridized carbons (Fsp3) is 0.250. The van der Waals surface area contributed by atoms with Crippen LogP contribution in [-0.2, 0) is 0 Å². The third kappa shape index (κ3) is 3.34. The van der Waals surface area contributed by atoms with Gasteiger partial charge in [-0.25, -0.2) is 4.98 Å². The number of aliphatic hydroxyl groups is 1. The van der Waals surface area contributed by atoms with Crippen LogP contribution in [0.3, 0.4) is 0 Å². The summed E-state index contributed by atoms with van der Waals surface area (Å²) >= 11 is 0. The lowest BCUT2D eigenvalue weighted by Crippen LogP contribution is -2.72. The Morgan fingerprint density at radius 2 is 2.26 bits per heavy atom. The van der Waals surface area contributed by atoms with Gasteiger partial charge in [0.1, 0.15) is 17.7 Å². The number of β-amino-alcohol motifs (C(OH)–C–C–N with tert-alkyl or cyclic N) is 1. The van der Waals surface area contributed by atoms with Crippen LogP contribution in [0.25, 0.3) is 27.7 Å². The van der Waals surface area contributed by atoms with Crippen LogP contribution in [0.2, 0.25) is 0 Å². The van der Waals surface area contributed by atoms with Crippen LogP contribution in [0, 0.1) is 5.41 Å². The molecule has 0 amide bonds. The van der Waals surface area contributed by atoms with Gasteiger partial charge >= 0.3 is 0 Å². The molecule has 1 aliphatic heterocycles. The standard InChI is InChI=1S/C20H22N6O/c1-22-11-15(10-21)13-2-3-18-17(8-13)20(25-24-18)14-4-6-23-19(9-14)26-7-5-16(27)12-26/h2-4,6,8-11,16,21-22,27H,5,7,12H2,1H3,(H,24,25)/p+1/b15-11+,21-10?/t16-/m1/s1. The molecule has 7 heteroatoms. The SMILES string of the molecule is C[NH2+]/C=C(\C=N)c1ccc2[nH]nc(-c3ccnc(N4CC[C@@H](O)C4)c3)c2c1. The minimum atomic E-state index is -0.286. The maximum absolute atomic E-state index is 9.79. The van der Waals surface area contributed by atoms with E-state index in [0.29, 0.717) is 6.54 Å². The lowest BCUT2D eigenvalue weighted by molar-refractivity contribution is -0.555. The van der Waals surface area contributed by atoms with Gasteiger partial charge in [0.15, 0.2) is 0 Å². The predicted molar refractivity (Wildman–Crippen MR) is 107 cm³/mol. The van der Waals surface area contributed by atoms with Crippen molar-refractivity contribution in [1.82, 2.24) is 15.2 Å². The monoisotopic (exact) mass is 363 g/mol. The summed E-state index contributed by atoms with van der Waals surface area (Å²) in [5, 5.41) is 28.0. The third-order valence-corrected chi connectivity index (χ3v) is 4.90. The Morgan fingerprint density at radius 1 is 1.37 bits per heavy atom. The van der Waals surface area contributed by atoms with E-state index in [1.54, 1.807) is 6.20 Å². The number of allylic oxidation sites excluding steroid dienone is 1. The van der Waals surface area contributed by atoms with E-state index in [1.807, 2.05) is 42.8 Å². The molecule has 5 N–H and O–H groups in total. The minimum Gasteiger partial charge on any atom is -0.391 e. The van der Waals surface area contributed by atoms with E-state index in [9.17, 15) is 5.11 Å². The quantitative estimate of drug-likeness (QED) is 0.514. The number of rotatable bonds is 5. The zero-order valence-electron chi connectivity index (χ0n) is 15.2. The van der Waals surface area contributed by atoms with Crippen LogP contribution >= 0.6 is 0 Å². The Kier molecular flexibility index (Phi) is 4.70. The molecule has 1 saturated heterocycles. The Morgan fingerprint density at radius 3 is 3.00 bits per heavy atom. The van der Waals surface area contributed by atoms with Gasteiger partial charge in [-0.15, -0.1) is 0 Å². The summed E-state index contributed by atoms with van der Waals surface area (Å²) in [5.41, 5.74) is 4.63. The van der Waals surface area contributed by atoms with Gasteiger partial charge in [-0.2, -0.15) is 5.10 Å². The first-order valence-electron chi connectivity index (χ1n) is 9.07. The zero-order valence-corrected chi connectivity index (χ0v) is 15.2. The number of quaternary nitrogens is 1. The number of nitrogens with two attached hydrogens (primary N) is 1. The fourth-order valence-corrected chi connectivity index (χ4v) is 3.51. The van der Waals surface area contributed by atoms with Crippen molar-refractivity contribution >= 4 is 28.5 Å². The van der Waals surface area contributed by atoms with Gasteiger partial charge < -0.3 is 20.7 Å². The molecule has 0 radical (unpaired) electrons. The molecule has 7 nitrogen and oxygen atoms in total. The molecule has 138 valence electrons. The highest BCUT2D eigenvalue weighted by Crippen LogP contribution is 2.30. The predicted octanol–water partition coefficient (Wildman–Crippen LogP) is 1.38. The molecule has 0 aliphatic carbocycles. The van der Waals surface area contributed by atoms with Crippen LogP contribution in [0.5, 0.6) is 0 Å². The summed E-state index contributed by atoms with van der Waals surface area (Å²) in [7, 11) is 1.94. The molecule has 2 aromatic heterocycles. The molecule has 1 aromatic carbocycles. The summed E-state index contributed by atoms with van der Waals surface area (Å²) in [6.45, 7) is 1.42. The van der Waals surface area contributed by atoms with Crippen molar-refractivity contribution in [2.75, 3.05) is 25.0 Å². The first kappa shape index (κ1) is 17.4. The lowest BCUT2D eigenvalue weighted by atomic mass is 10.0. The van der Waals surface area contributed by atoms with Gasteiger partial charge in [0.2, 0.25) is 0 Å². The molecule has 0 unspecified atom stereocenters. The topological polar surface area (TPSA) is 106 Å². The van der Waals surface area contributed by atoms with Gasteiger partial charge in [0.25, 0.3) is 0 Å². The van der Waals surface area contributed by atoms with Crippen LogP contribution in [0.4, 0.5) is 5.82 Å². The second kappa shape index (κ2) is 7.30. The van der Waals surface area contributed by atoms with Crippen LogP contribution < -0.4 is 10.2 Å². The molecule has 0 saturated carbocycles. The van der Waals surface area contributed by atoms with Crippen LogP contribution in [0.1, 0.15) is 12.0 Å². The number of nitrogens with zero attached hydrogens (tertiary/aromatic N) is 3. The summed E-state index contributed by atoms with van der Waals surface area (Å²) in [6.07, 6.45) is 5.56. The second-order valence-corrected chi connectivity index (χ2v) is 6.72. The summed E-state index contributed by atoms with van der Waals surface area (Å²) in [4.78, 5) is 6.56. The number of aliphatic hydroxyl groups excluding tert-OH is 1. The van der Waals surface area contributed by atoms with Crippen molar-refractivity contribution < 1.29 is 10.4 Å². The fourth-order valence-electron chi connectivity index (χ4n) is 3.51. The first-order chi connectivity index (χ1) is 13.2. The summed E-state index contributed by atoms with van der Waals surface area (Å²) < 4.78 is 0. The molecule has 0 spiro atoms. The molecular formula is C20H23N6O+. The molecule has 27 heavy (non-hydrogen) atoms. The number of aromatic amines is 1. The largest absolute Gasteiger partial charge is 0.391 e. The maximum atomic E-state index is 9.79. The molecule has 3 heterocycles. The Bertz CT molecular complexity index is 1010. The molecule has 4 rings (SSSR count). The molecule has 1 aliphatic rings. The number of hydrogen-bond acceptors (Lipinski definition) is 5. The van der Waals surface area contributed by atoms with Gasteiger partial charge in [-0.3, -0.25) is 5.10 Å². The van der Waals surface area contributed by atoms with Crippen LogP contribution in [-0.4, -0.2) is 52.7 Å². The van der Waals surface area contributed by atoms with Gasteiger partial charge in [0.05, 0.1) is 24.2 Å². The number of aromatic nitrogens is 3. The zero-order chi connectivity index (χ0) is 18.8. The highest BCUT2D eigenvalue weighted by atomic mass is 16.3. The lowest BCUT2D eigenvalue weighted by Gasteiger charge is -2.16. The molecule has 0 bridgehead atoms. The number of anilines is 1. The molecular weight excluding hydrogens is 340 g/mol. The number of hydrogen-bond donors (Lipinski definition) is 4. The van der Waals surface area contributed by atoms with Crippen molar-refractivity contribution in [3.05, 3.63) is 48.3 Å². The third-order valence-electron chi connectivity index (χ3n) is 4.90. The average Bonchev–Trinajstić information content (AvgIpc) is 3.32. The number of benzene rings is 1. The van der Waals surface area contributed by atoms with E-state index >= 15 is 0 Å². The number of fused-ring (bicyclic) bond motifs is 1. The van der Waals surface area contributed by atoms with E-state index < -0.39 is 0 Å². The van der Waals surface area contributed by atoms with Gasteiger partial charge in [-0.05, 0) is 36.2 Å². The second-order valence-electron chi connectivity index (χ2n) is 6.72. The van der Waals surface area contributed by atoms with Crippen molar-refractivity contribution in [1.29, 1.82) is 5.41 Å². The first-order valence-corrected chi connectivity index (χ1v) is 9.07. The molecule has 1 fully saturated rings. The highest BCUT2D eigenvalue weighted by molar-refractivity contribution is 6.09. The number of pyridine rings is 1. The minimum absolute atomic E-state index is 0.286. The van der Waals surface area contributed by atoms with E-state index in [-0.39, 0.29) is 6.10 Å². The summed E-state index contributed by atoms with van der Waals surface area (Å²) in [6, 6.07) is 10.0. The van der Waals surface area contributed by atoms with Crippen molar-refractivity contribution in [3.63, 3.8) is 0 Å². The maximum Gasteiger partial charge on any atom is 0.129 e. The van der Waals surface area contributed by atoms with E-state index in [1.165, 1.54) is 6.21 Å².